The van der Waals surface area contributed by atoms with Crippen LogP contribution in [0.2, 0.25) is 0 Å². The van der Waals surface area contributed by atoms with Gasteiger partial charge in [0.15, 0.2) is 0 Å². The predicted molar refractivity (Wildman–Crippen MR) is 75.3 cm³/mol. The van der Waals surface area contributed by atoms with Crippen molar-refractivity contribution < 1.29 is 0 Å². The summed E-state index contributed by atoms with van der Waals surface area (Å²) >= 11 is 1.72. The molecule has 1 aromatic carbocycles. The monoisotopic (exact) mass is 245 g/mol. The molecule has 90 valence electrons. The Morgan fingerprint density at radius 2 is 2.00 bits per heavy atom. The Morgan fingerprint density at radius 3 is 2.65 bits per heavy atom. The molecule has 0 bridgehead atoms. The maximum absolute atomic E-state index is 6.27. The molecule has 1 nitrogen and oxygen atoms in total. The largest absolute Gasteiger partial charge is 0.320 e. The van der Waals surface area contributed by atoms with Crippen LogP contribution in [0.5, 0.6) is 0 Å². The van der Waals surface area contributed by atoms with Crippen molar-refractivity contribution in [3.63, 3.8) is 0 Å². The molecule has 0 spiro atoms. The molecule has 0 fully saturated rings. The Kier molecular flexibility index (Phi) is 3.97. The molecule has 0 amide bonds. The van der Waals surface area contributed by atoms with Crippen molar-refractivity contribution in [3.8, 4) is 0 Å². The van der Waals surface area contributed by atoms with Crippen molar-refractivity contribution in [2.24, 2.45) is 11.7 Å². The highest BCUT2D eigenvalue weighted by molar-refractivity contribution is 7.10. The highest BCUT2D eigenvalue weighted by atomic mass is 32.1. The SMILES string of the molecule is CC(C)Cc1cccc(C(N)c2cccs2)c1. The van der Waals surface area contributed by atoms with E-state index < -0.39 is 0 Å². The first-order chi connectivity index (χ1) is 8.16. The van der Waals surface area contributed by atoms with Gasteiger partial charge in [-0.2, -0.15) is 0 Å². The van der Waals surface area contributed by atoms with Gasteiger partial charge in [-0.25, -0.2) is 0 Å². The van der Waals surface area contributed by atoms with E-state index in [2.05, 4.69) is 55.6 Å². The topological polar surface area (TPSA) is 26.0 Å². The van der Waals surface area contributed by atoms with E-state index in [1.165, 1.54) is 16.0 Å². The standard InChI is InChI=1S/C15H19NS/c1-11(2)9-12-5-3-6-13(10-12)15(16)14-7-4-8-17-14/h3-8,10-11,15H,9,16H2,1-2H3. The molecule has 0 aliphatic carbocycles. The molecule has 0 saturated heterocycles. The molecular weight excluding hydrogens is 226 g/mol. The summed E-state index contributed by atoms with van der Waals surface area (Å²) < 4.78 is 0. The Balaban J connectivity index is 2.21. The first-order valence-electron chi connectivity index (χ1n) is 6.04. The van der Waals surface area contributed by atoms with E-state index >= 15 is 0 Å². The summed E-state index contributed by atoms with van der Waals surface area (Å²) in [5, 5.41) is 2.08. The second kappa shape index (κ2) is 5.48. The molecule has 2 N–H and O–H groups in total. The highest BCUT2D eigenvalue weighted by Crippen LogP contribution is 2.24. The zero-order valence-corrected chi connectivity index (χ0v) is 11.2. The molecule has 0 aliphatic rings. The molecule has 2 heteroatoms. The molecule has 17 heavy (non-hydrogen) atoms. The molecule has 1 heterocycles. The van der Waals surface area contributed by atoms with Crippen LogP contribution in [-0.4, -0.2) is 0 Å². The van der Waals surface area contributed by atoms with E-state index in [0.29, 0.717) is 5.92 Å². The lowest BCUT2D eigenvalue weighted by Crippen LogP contribution is -2.10. The van der Waals surface area contributed by atoms with Crippen LogP contribution in [0, 0.1) is 5.92 Å². The van der Waals surface area contributed by atoms with Gasteiger partial charge in [0.1, 0.15) is 0 Å². The van der Waals surface area contributed by atoms with Crippen molar-refractivity contribution in [1.29, 1.82) is 0 Å². The second-order valence-corrected chi connectivity index (χ2v) is 5.82. The lowest BCUT2D eigenvalue weighted by Gasteiger charge is -2.12. The van der Waals surface area contributed by atoms with Gasteiger partial charge >= 0.3 is 0 Å². The van der Waals surface area contributed by atoms with Crippen molar-refractivity contribution in [2.45, 2.75) is 26.3 Å². The molecule has 0 aliphatic heterocycles. The van der Waals surface area contributed by atoms with Crippen molar-refractivity contribution in [1.82, 2.24) is 0 Å². The number of rotatable bonds is 4. The first-order valence-corrected chi connectivity index (χ1v) is 6.92. The van der Waals surface area contributed by atoms with Crippen molar-refractivity contribution in [2.75, 3.05) is 0 Å². The van der Waals surface area contributed by atoms with Crippen LogP contribution in [0.4, 0.5) is 0 Å². The van der Waals surface area contributed by atoms with E-state index in [4.69, 9.17) is 5.73 Å². The van der Waals surface area contributed by atoms with Gasteiger partial charge in [0.2, 0.25) is 0 Å². The lowest BCUT2D eigenvalue weighted by atomic mass is 9.98. The second-order valence-electron chi connectivity index (χ2n) is 4.84. The van der Waals surface area contributed by atoms with Crippen LogP contribution >= 0.6 is 11.3 Å². The number of thiophene rings is 1. The van der Waals surface area contributed by atoms with Gasteiger partial charge in [0.25, 0.3) is 0 Å². The summed E-state index contributed by atoms with van der Waals surface area (Å²) in [6.07, 6.45) is 1.12. The van der Waals surface area contributed by atoms with Crippen molar-refractivity contribution >= 4 is 11.3 Å². The molecule has 1 unspecified atom stereocenters. The Morgan fingerprint density at radius 1 is 1.18 bits per heavy atom. The Hall–Kier alpha value is -1.12. The molecule has 2 aromatic rings. The van der Waals surface area contributed by atoms with Gasteiger partial charge in [-0.05, 0) is 34.9 Å². The minimum Gasteiger partial charge on any atom is -0.320 e. The van der Waals surface area contributed by atoms with E-state index in [9.17, 15) is 0 Å². The molecule has 1 atom stereocenters. The van der Waals surface area contributed by atoms with E-state index in [1.54, 1.807) is 11.3 Å². The maximum Gasteiger partial charge on any atom is 0.0646 e. The van der Waals surface area contributed by atoms with Crippen LogP contribution < -0.4 is 5.73 Å². The Bertz CT molecular complexity index is 460. The highest BCUT2D eigenvalue weighted by Gasteiger charge is 2.10. The third-order valence-electron chi connectivity index (χ3n) is 2.80. The number of nitrogens with two attached hydrogens (primary N) is 1. The van der Waals surface area contributed by atoms with Gasteiger partial charge in [0.05, 0.1) is 6.04 Å². The fraction of sp³-hybridized carbons (Fsp3) is 0.333. The van der Waals surface area contributed by atoms with Crippen LogP contribution in [0.15, 0.2) is 41.8 Å². The van der Waals surface area contributed by atoms with Gasteiger partial charge in [-0.1, -0.05) is 44.2 Å². The van der Waals surface area contributed by atoms with Crippen LogP contribution in [-0.2, 0) is 6.42 Å². The molecule has 0 saturated carbocycles. The summed E-state index contributed by atoms with van der Waals surface area (Å²) in [4.78, 5) is 1.23. The van der Waals surface area contributed by atoms with Crippen molar-refractivity contribution in [3.05, 3.63) is 57.8 Å². The zero-order chi connectivity index (χ0) is 12.3. The molecular formula is C15H19NS. The third-order valence-corrected chi connectivity index (χ3v) is 3.76. The molecule has 2 rings (SSSR count). The van der Waals surface area contributed by atoms with Gasteiger partial charge < -0.3 is 5.73 Å². The number of benzene rings is 1. The zero-order valence-electron chi connectivity index (χ0n) is 10.4. The van der Waals surface area contributed by atoms with E-state index in [-0.39, 0.29) is 6.04 Å². The first kappa shape index (κ1) is 12.3. The summed E-state index contributed by atoms with van der Waals surface area (Å²) in [6.45, 7) is 4.48. The minimum absolute atomic E-state index is 0.0158. The Labute approximate surface area is 107 Å². The fourth-order valence-corrected chi connectivity index (χ4v) is 2.77. The van der Waals surface area contributed by atoms with Crippen LogP contribution in [0.1, 0.15) is 35.9 Å². The summed E-state index contributed by atoms with van der Waals surface area (Å²) in [5.74, 6) is 0.684. The quantitative estimate of drug-likeness (QED) is 0.866. The fourth-order valence-electron chi connectivity index (χ4n) is 2.02. The van der Waals surface area contributed by atoms with Crippen LogP contribution in [0.25, 0.3) is 0 Å². The van der Waals surface area contributed by atoms with E-state index in [0.717, 1.165) is 6.42 Å². The minimum atomic E-state index is 0.0158. The average Bonchev–Trinajstić information content (AvgIpc) is 2.81. The summed E-state index contributed by atoms with van der Waals surface area (Å²) in [5.41, 5.74) is 8.86. The smallest absolute Gasteiger partial charge is 0.0646 e. The number of hydrogen-bond acceptors (Lipinski definition) is 2. The van der Waals surface area contributed by atoms with Gasteiger partial charge in [-0.3, -0.25) is 0 Å². The molecule has 0 radical (unpaired) electrons. The van der Waals surface area contributed by atoms with Gasteiger partial charge in [-0.15, -0.1) is 11.3 Å². The molecule has 1 aromatic heterocycles. The third kappa shape index (κ3) is 3.18. The number of hydrogen-bond donors (Lipinski definition) is 1. The summed E-state index contributed by atoms with van der Waals surface area (Å²) in [6, 6.07) is 12.8. The normalized spacial score (nSPS) is 12.9. The van der Waals surface area contributed by atoms with Gasteiger partial charge in [0, 0.05) is 4.88 Å². The van der Waals surface area contributed by atoms with Crippen LogP contribution in [0.3, 0.4) is 0 Å². The van der Waals surface area contributed by atoms with E-state index in [1.807, 2.05) is 0 Å². The lowest BCUT2D eigenvalue weighted by molar-refractivity contribution is 0.646. The summed E-state index contributed by atoms with van der Waals surface area (Å²) in [7, 11) is 0. The average molecular weight is 245 g/mol. The maximum atomic E-state index is 6.27. The predicted octanol–water partition coefficient (Wildman–Crippen LogP) is 3.99.